The van der Waals surface area contributed by atoms with E-state index in [0.717, 1.165) is 0 Å². The highest BCUT2D eigenvalue weighted by atomic mass is 16.5. The molecule has 0 bridgehead atoms. The van der Waals surface area contributed by atoms with Crippen LogP contribution in [-0.4, -0.2) is 36.5 Å². The smallest absolute Gasteiger partial charge is 0.329 e. The van der Waals surface area contributed by atoms with Crippen molar-refractivity contribution in [3.63, 3.8) is 0 Å². The largest absolute Gasteiger partial charge is 0.494 e. The Morgan fingerprint density at radius 2 is 1.58 bits per heavy atom. The van der Waals surface area contributed by atoms with Gasteiger partial charge < -0.3 is 20.1 Å². The van der Waals surface area contributed by atoms with Crippen LogP contribution in [0.4, 0.5) is 5.69 Å². The summed E-state index contributed by atoms with van der Waals surface area (Å²) in [6.07, 6.45) is -0.374. The Kier molecular flexibility index (Phi) is 9.06. The Balaban J connectivity index is 1.99. The third-order valence-corrected chi connectivity index (χ3v) is 4.88. The third kappa shape index (κ3) is 7.13. The lowest BCUT2D eigenvalue weighted by Gasteiger charge is -2.24. The lowest BCUT2D eigenvalue weighted by molar-refractivity contribution is -0.156. The highest BCUT2D eigenvalue weighted by molar-refractivity contribution is 5.98. The van der Waals surface area contributed by atoms with Crippen molar-refractivity contribution in [3.8, 4) is 5.75 Å². The molecule has 0 aliphatic rings. The lowest BCUT2D eigenvalue weighted by Crippen LogP contribution is -2.47. The first-order valence-corrected chi connectivity index (χ1v) is 10.5. The van der Waals surface area contributed by atoms with Crippen LogP contribution in [0.2, 0.25) is 0 Å². The number of ether oxygens (including phenoxy) is 2. The SMILES string of the molecule is CCOc1ccc(NC(=O)[C@@H](C)OC(=O)[C@@H](NC(=O)c2ccccc2)[C@@H](C)CC)cc1. The van der Waals surface area contributed by atoms with Crippen LogP contribution in [0.1, 0.15) is 44.5 Å². The first-order valence-electron chi connectivity index (χ1n) is 10.5. The molecule has 31 heavy (non-hydrogen) atoms. The van der Waals surface area contributed by atoms with E-state index in [0.29, 0.717) is 30.0 Å². The molecule has 0 aliphatic carbocycles. The molecule has 7 nitrogen and oxygen atoms in total. The number of benzene rings is 2. The predicted octanol–water partition coefficient (Wildman–Crippen LogP) is 3.80. The van der Waals surface area contributed by atoms with Gasteiger partial charge in [0.1, 0.15) is 11.8 Å². The second kappa shape index (κ2) is 11.7. The van der Waals surface area contributed by atoms with E-state index in [9.17, 15) is 14.4 Å². The number of carbonyl (C=O) groups excluding carboxylic acids is 3. The fraction of sp³-hybridized carbons (Fsp3) is 0.375. The summed E-state index contributed by atoms with van der Waals surface area (Å²) in [5, 5.41) is 5.44. The summed E-state index contributed by atoms with van der Waals surface area (Å²) in [6, 6.07) is 14.7. The van der Waals surface area contributed by atoms with Gasteiger partial charge in [0, 0.05) is 11.3 Å². The number of nitrogens with one attached hydrogen (secondary N) is 2. The number of hydrogen-bond donors (Lipinski definition) is 2. The van der Waals surface area contributed by atoms with Crippen molar-refractivity contribution in [1.82, 2.24) is 5.32 Å². The lowest BCUT2D eigenvalue weighted by atomic mass is 9.98. The van der Waals surface area contributed by atoms with Gasteiger partial charge in [0.15, 0.2) is 6.10 Å². The molecule has 166 valence electrons. The summed E-state index contributed by atoms with van der Waals surface area (Å²) < 4.78 is 10.8. The summed E-state index contributed by atoms with van der Waals surface area (Å²) in [5.41, 5.74) is 1.01. The molecule has 0 aliphatic heterocycles. The number of amides is 2. The van der Waals surface area contributed by atoms with Crippen LogP contribution in [0.5, 0.6) is 5.75 Å². The summed E-state index contributed by atoms with van der Waals surface area (Å²) in [4.78, 5) is 37.7. The molecule has 3 atom stereocenters. The van der Waals surface area contributed by atoms with Crippen LogP contribution in [0.15, 0.2) is 54.6 Å². The van der Waals surface area contributed by atoms with E-state index in [4.69, 9.17) is 9.47 Å². The molecule has 7 heteroatoms. The maximum atomic E-state index is 12.8. The van der Waals surface area contributed by atoms with Crippen molar-refractivity contribution >= 4 is 23.5 Å². The van der Waals surface area contributed by atoms with Gasteiger partial charge in [-0.2, -0.15) is 0 Å². The summed E-state index contributed by atoms with van der Waals surface area (Å²) in [5.74, 6) is -0.941. The van der Waals surface area contributed by atoms with Crippen molar-refractivity contribution in [2.24, 2.45) is 5.92 Å². The van der Waals surface area contributed by atoms with Gasteiger partial charge in [-0.25, -0.2) is 4.79 Å². The third-order valence-electron chi connectivity index (χ3n) is 4.88. The minimum Gasteiger partial charge on any atom is -0.494 e. The van der Waals surface area contributed by atoms with Gasteiger partial charge in [0.05, 0.1) is 6.61 Å². The van der Waals surface area contributed by atoms with Gasteiger partial charge in [0.25, 0.3) is 11.8 Å². The van der Waals surface area contributed by atoms with Gasteiger partial charge in [-0.15, -0.1) is 0 Å². The normalized spacial score (nSPS) is 13.4. The molecule has 2 amide bonds. The van der Waals surface area contributed by atoms with E-state index in [2.05, 4.69) is 10.6 Å². The topological polar surface area (TPSA) is 93.7 Å². The van der Waals surface area contributed by atoms with Crippen LogP contribution in [0.25, 0.3) is 0 Å². The second-order valence-electron chi connectivity index (χ2n) is 7.23. The number of esters is 1. The fourth-order valence-electron chi connectivity index (χ4n) is 2.83. The minimum absolute atomic E-state index is 0.165. The second-order valence-corrected chi connectivity index (χ2v) is 7.23. The van der Waals surface area contributed by atoms with Gasteiger partial charge >= 0.3 is 5.97 Å². The average molecular weight is 427 g/mol. The van der Waals surface area contributed by atoms with Crippen molar-refractivity contribution in [2.45, 2.75) is 46.3 Å². The molecule has 0 heterocycles. The van der Waals surface area contributed by atoms with Gasteiger partial charge in [0.2, 0.25) is 0 Å². The molecule has 0 radical (unpaired) electrons. The summed E-state index contributed by atoms with van der Waals surface area (Å²) >= 11 is 0. The van der Waals surface area contributed by atoms with Crippen LogP contribution < -0.4 is 15.4 Å². The van der Waals surface area contributed by atoms with E-state index in [-0.39, 0.29) is 11.8 Å². The summed E-state index contributed by atoms with van der Waals surface area (Å²) in [6.45, 7) is 7.70. The Morgan fingerprint density at radius 3 is 2.16 bits per heavy atom. The zero-order valence-electron chi connectivity index (χ0n) is 18.4. The Bertz CT molecular complexity index is 867. The van der Waals surface area contributed by atoms with Crippen LogP contribution in [-0.2, 0) is 14.3 Å². The molecule has 2 rings (SSSR count). The van der Waals surface area contributed by atoms with Crippen molar-refractivity contribution in [2.75, 3.05) is 11.9 Å². The molecule has 2 aromatic carbocycles. The maximum absolute atomic E-state index is 12.8. The molecular formula is C24H30N2O5. The number of anilines is 1. The average Bonchev–Trinajstić information content (AvgIpc) is 2.78. The van der Waals surface area contributed by atoms with E-state index in [1.165, 1.54) is 6.92 Å². The van der Waals surface area contributed by atoms with Crippen molar-refractivity contribution in [1.29, 1.82) is 0 Å². The molecule has 0 spiro atoms. The summed E-state index contributed by atoms with van der Waals surface area (Å²) in [7, 11) is 0. The number of hydrogen-bond acceptors (Lipinski definition) is 5. The zero-order valence-corrected chi connectivity index (χ0v) is 18.4. The van der Waals surface area contributed by atoms with Gasteiger partial charge in [-0.05, 0) is 56.2 Å². The zero-order chi connectivity index (χ0) is 22.8. The van der Waals surface area contributed by atoms with Crippen LogP contribution in [0.3, 0.4) is 0 Å². The first-order chi connectivity index (χ1) is 14.8. The number of rotatable bonds is 10. The highest BCUT2D eigenvalue weighted by Gasteiger charge is 2.30. The minimum atomic E-state index is -1.03. The molecule has 2 N–H and O–H groups in total. The molecule has 0 unspecified atom stereocenters. The molecule has 0 saturated heterocycles. The first kappa shape index (κ1) is 23.9. The monoisotopic (exact) mass is 426 g/mol. The van der Waals surface area contributed by atoms with Crippen molar-refractivity contribution < 1.29 is 23.9 Å². The van der Waals surface area contributed by atoms with Gasteiger partial charge in [-0.1, -0.05) is 38.5 Å². The molecule has 0 saturated carbocycles. The van der Waals surface area contributed by atoms with E-state index >= 15 is 0 Å². The van der Waals surface area contributed by atoms with E-state index in [1.54, 1.807) is 48.5 Å². The predicted molar refractivity (Wildman–Crippen MR) is 119 cm³/mol. The van der Waals surface area contributed by atoms with Crippen LogP contribution in [0, 0.1) is 5.92 Å². The van der Waals surface area contributed by atoms with Crippen LogP contribution >= 0.6 is 0 Å². The Labute approximate surface area is 183 Å². The fourth-order valence-corrected chi connectivity index (χ4v) is 2.83. The quantitative estimate of drug-likeness (QED) is 0.564. The van der Waals surface area contributed by atoms with Gasteiger partial charge in [-0.3, -0.25) is 9.59 Å². The van der Waals surface area contributed by atoms with E-state index in [1.807, 2.05) is 26.8 Å². The maximum Gasteiger partial charge on any atom is 0.329 e. The van der Waals surface area contributed by atoms with Crippen molar-refractivity contribution in [3.05, 3.63) is 60.2 Å². The Hall–Kier alpha value is -3.35. The molecule has 2 aromatic rings. The standard InChI is InChI=1S/C24H30N2O5/c1-5-16(3)21(26-23(28)18-10-8-7-9-11-18)24(29)31-17(4)22(27)25-19-12-14-20(15-13-19)30-6-2/h7-17,21H,5-6H2,1-4H3,(H,25,27)(H,26,28)/t16-,17+,21-/m0/s1. The molecule has 0 aromatic heterocycles. The molecular weight excluding hydrogens is 396 g/mol. The Morgan fingerprint density at radius 1 is 0.935 bits per heavy atom. The number of carbonyl (C=O) groups is 3. The van der Waals surface area contributed by atoms with E-state index < -0.39 is 24.0 Å². The molecule has 0 fully saturated rings. The highest BCUT2D eigenvalue weighted by Crippen LogP contribution is 2.17.